The van der Waals surface area contributed by atoms with E-state index in [-0.39, 0.29) is 18.6 Å². The second kappa shape index (κ2) is 7.36. The molecule has 1 heterocycles. The van der Waals surface area contributed by atoms with Gasteiger partial charge in [0.15, 0.2) is 5.76 Å². The molecular formula is C17H20BrN3O3. The van der Waals surface area contributed by atoms with Crippen LogP contribution < -0.4 is 15.8 Å². The first-order valence-corrected chi connectivity index (χ1v) is 8.70. The molecule has 1 aliphatic carbocycles. The van der Waals surface area contributed by atoms with Crippen LogP contribution in [0.5, 0.6) is 5.75 Å². The Hall–Kier alpha value is -1.86. The zero-order chi connectivity index (χ0) is 17.1. The topological polar surface area (TPSA) is 90.4 Å². The summed E-state index contributed by atoms with van der Waals surface area (Å²) >= 11 is 3.43. The van der Waals surface area contributed by atoms with Gasteiger partial charge in [-0.25, -0.2) is 0 Å². The van der Waals surface area contributed by atoms with Gasteiger partial charge < -0.3 is 20.3 Å². The molecule has 0 saturated heterocycles. The van der Waals surface area contributed by atoms with Gasteiger partial charge >= 0.3 is 0 Å². The van der Waals surface area contributed by atoms with Crippen molar-refractivity contribution in [3.05, 3.63) is 45.8 Å². The van der Waals surface area contributed by atoms with E-state index in [1.54, 1.807) is 18.2 Å². The van der Waals surface area contributed by atoms with Crippen LogP contribution in [0.1, 0.15) is 34.7 Å². The number of aryl methyl sites for hydroxylation is 1. The highest BCUT2D eigenvalue weighted by atomic mass is 79.9. The Balaban J connectivity index is 1.55. The molecule has 0 radical (unpaired) electrons. The maximum absolute atomic E-state index is 12.2. The summed E-state index contributed by atoms with van der Waals surface area (Å²) in [6.45, 7) is 2.64. The summed E-state index contributed by atoms with van der Waals surface area (Å²) in [5.41, 5.74) is 7.37. The van der Waals surface area contributed by atoms with Gasteiger partial charge in [-0.15, -0.1) is 0 Å². The van der Waals surface area contributed by atoms with Crippen molar-refractivity contribution in [1.29, 1.82) is 0 Å². The molecule has 1 amide bonds. The van der Waals surface area contributed by atoms with Crippen LogP contribution in [0, 0.1) is 12.8 Å². The summed E-state index contributed by atoms with van der Waals surface area (Å²) in [5, 5.41) is 6.69. The number of halogens is 1. The fraction of sp³-hybridized carbons (Fsp3) is 0.412. The highest BCUT2D eigenvalue weighted by molar-refractivity contribution is 9.10. The second-order valence-electron chi connectivity index (χ2n) is 6.08. The highest BCUT2D eigenvalue weighted by Crippen LogP contribution is 2.31. The molecule has 0 spiro atoms. The van der Waals surface area contributed by atoms with E-state index in [1.807, 2.05) is 13.0 Å². The van der Waals surface area contributed by atoms with Crippen LogP contribution in [0.25, 0.3) is 0 Å². The minimum Gasteiger partial charge on any atom is -0.484 e. The Bertz CT molecular complexity index is 728. The number of carbonyl (C=O) groups is 1. The summed E-state index contributed by atoms with van der Waals surface area (Å²) in [7, 11) is 0. The SMILES string of the molecule is Cc1cc(COc2ccc(C(=O)NCC(N)C3CC3)cc2Br)on1. The van der Waals surface area contributed by atoms with Crippen molar-refractivity contribution >= 4 is 21.8 Å². The van der Waals surface area contributed by atoms with E-state index in [0.29, 0.717) is 34.0 Å². The molecule has 128 valence electrons. The van der Waals surface area contributed by atoms with E-state index >= 15 is 0 Å². The van der Waals surface area contributed by atoms with Crippen molar-refractivity contribution in [1.82, 2.24) is 10.5 Å². The summed E-state index contributed by atoms with van der Waals surface area (Å²) in [4.78, 5) is 12.2. The van der Waals surface area contributed by atoms with Gasteiger partial charge in [0.25, 0.3) is 5.91 Å². The summed E-state index contributed by atoms with van der Waals surface area (Å²) in [5.74, 6) is 1.71. The van der Waals surface area contributed by atoms with Gasteiger partial charge in [0.05, 0.1) is 10.2 Å². The van der Waals surface area contributed by atoms with Crippen molar-refractivity contribution < 1.29 is 14.1 Å². The van der Waals surface area contributed by atoms with Crippen molar-refractivity contribution in [3.63, 3.8) is 0 Å². The Morgan fingerprint density at radius 3 is 2.92 bits per heavy atom. The van der Waals surface area contributed by atoms with Crippen molar-refractivity contribution in [2.24, 2.45) is 11.7 Å². The normalized spacial score (nSPS) is 15.1. The smallest absolute Gasteiger partial charge is 0.251 e. The highest BCUT2D eigenvalue weighted by Gasteiger charge is 2.28. The van der Waals surface area contributed by atoms with E-state index in [1.165, 1.54) is 12.8 Å². The van der Waals surface area contributed by atoms with Gasteiger partial charge in [0.1, 0.15) is 12.4 Å². The Morgan fingerprint density at radius 2 is 2.29 bits per heavy atom. The maximum atomic E-state index is 12.2. The van der Waals surface area contributed by atoms with Gasteiger partial charge in [-0.3, -0.25) is 4.79 Å². The lowest BCUT2D eigenvalue weighted by Gasteiger charge is -2.12. The van der Waals surface area contributed by atoms with E-state index in [0.717, 1.165) is 5.69 Å². The Labute approximate surface area is 148 Å². The zero-order valence-corrected chi connectivity index (χ0v) is 15.0. The third-order valence-corrected chi connectivity index (χ3v) is 4.59. The Morgan fingerprint density at radius 1 is 1.50 bits per heavy atom. The van der Waals surface area contributed by atoms with Gasteiger partial charge in [-0.2, -0.15) is 0 Å². The number of amides is 1. The van der Waals surface area contributed by atoms with Crippen molar-refractivity contribution in [2.45, 2.75) is 32.4 Å². The van der Waals surface area contributed by atoms with Crippen LogP contribution in [0.3, 0.4) is 0 Å². The van der Waals surface area contributed by atoms with Crippen LogP contribution >= 0.6 is 15.9 Å². The van der Waals surface area contributed by atoms with E-state index in [9.17, 15) is 4.79 Å². The first kappa shape index (κ1) is 17.0. The molecule has 0 bridgehead atoms. The molecule has 1 aromatic carbocycles. The lowest BCUT2D eigenvalue weighted by molar-refractivity contribution is 0.0950. The predicted octanol–water partition coefficient (Wildman–Crippen LogP) is 2.79. The number of carbonyl (C=O) groups excluding carboxylic acids is 1. The molecule has 3 N–H and O–H groups in total. The molecule has 0 aliphatic heterocycles. The molecule has 1 aliphatic rings. The third kappa shape index (κ3) is 4.36. The zero-order valence-electron chi connectivity index (χ0n) is 13.4. The lowest BCUT2D eigenvalue weighted by Crippen LogP contribution is -2.38. The molecule has 1 aromatic heterocycles. The lowest BCUT2D eigenvalue weighted by atomic mass is 10.1. The average molecular weight is 394 g/mol. The van der Waals surface area contributed by atoms with Crippen LogP contribution in [-0.2, 0) is 6.61 Å². The number of nitrogens with one attached hydrogen (secondary N) is 1. The second-order valence-corrected chi connectivity index (χ2v) is 6.93. The van der Waals surface area contributed by atoms with Crippen LogP contribution in [-0.4, -0.2) is 23.7 Å². The fourth-order valence-corrected chi connectivity index (χ4v) is 2.89. The number of nitrogens with two attached hydrogens (primary N) is 1. The quantitative estimate of drug-likeness (QED) is 0.754. The summed E-state index contributed by atoms with van der Waals surface area (Å²) in [6.07, 6.45) is 2.33. The van der Waals surface area contributed by atoms with Gasteiger partial charge in [0.2, 0.25) is 0 Å². The number of hydrogen-bond acceptors (Lipinski definition) is 5. The minimum atomic E-state index is -0.135. The standard InChI is InChI=1S/C17H20BrN3O3/c1-10-6-13(24-21-10)9-23-16-5-4-12(7-14(16)18)17(22)20-8-15(19)11-2-3-11/h4-7,11,15H,2-3,8-9,19H2,1H3,(H,20,22). The number of nitrogens with zero attached hydrogens (tertiary/aromatic N) is 1. The molecule has 6 nitrogen and oxygen atoms in total. The van der Waals surface area contributed by atoms with E-state index < -0.39 is 0 Å². The molecule has 1 fully saturated rings. The predicted molar refractivity (Wildman–Crippen MR) is 92.7 cm³/mol. The van der Waals surface area contributed by atoms with Crippen LogP contribution in [0.2, 0.25) is 0 Å². The minimum absolute atomic E-state index is 0.0466. The maximum Gasteiger partial charge on any atom is 0.251 e. The summed E-state index contributed by atoms with van der Waals surface area (Å²) < 4.78 is 11.5. The Kier molecular flexibility index (Phi) is 5.20. The average Bonchev–Trinajstić information content (AvgIpc) is 3.33. The van der Waals surface area contributed by atoms with Gasteiger partial charge in [-0.05, 0) is 59.8 Å². The largest absolute Gasteiger partial charge is 0.484 e. The third-order valence-electron chi connectivity index (χ3n) is 3.97. The fourth-order valence-electron chi connectivity index (χ4n) is 2.40. The first-order chi connectivity index (χ1) is 11.5. The van der Waals surface area contributed by atoms with Crippen molar-refractivity contribution in [2.75, 3.05) is 6.54 Å². The number of rotatable bonds is 7. The van der Waals surface area contributed by atoms with Gasteiger partial charge in [-0.1, -0.05) is 5.16 Å². The van der Waals surface area contributed by atoms with E-state index in [2.05, 4.69) is 26.4 Å². The number of hydrogen-bond donors (Lipinski definition) is 2. The molecule has 3 rings (SSSR count). The molecule has 7 heteroatoms. The molecule has 1 atom stereocenters. The molecule has 1 unspecified atom stereocenters. The molecule has 2 aromatic rings. The molecular weight excluding hydrogens is 374 g/mol. The first-order valence-electron chi connectivity index (χ1n) is 7.91. The van der Waals surface area contributed by atoms with Crippen LogP contribution in [0.15, 0.2) is 33.3 Å². The number of benzene rings is 1. The molecule has 1 saturated carbocycles. The number of ether oxygens (including phenoxy) is 1. The van der Waals surface area contributed by atoms with Crippen molar-refractivity contribution in [3.8, 4) is 5.75 Å². The summed E-state index contributed by atoms with van der Waals surface area (Å²) in [6, 6.07) is 7.08. The van der Waals surface area contributed by atoms with E-state index in [4.69, 9.17) is 15.0 Å². The van der Waals surface area contributed by atoms with Crippen LogP contribution in [0.4, 0.5) is 0 Å². The number of aromatic nitrogens is 1. The van der Waals surface area contributed by atoms with Gasteiger partial charge in [0, 0.05) is 24.2 Å². The monoisotopic (exact) mass is 393 g/mol. The molecule has 24 heavy (non-hydrogen) atoms.